The van der Waals surface area contributed by atoms with Crippen LogP contribution in [0.25, 0.3) is 6.08 Å². The Balaban J connectivity index is 1.77. The van der Waals surface area contributed by atoms with Crippen LogP contribution >= 0.6 is 11.3 Å². The molecule has 4 heteroatoms. The van der Waals surface area contributed by atoms with Crippen LogP contribution < -0.4 is 9.47 Å². The SMILES string of the molecule is COc1cc(/C=C2\CCC[C@@H](C)C2=O)ccc1OCc1cccs1. The number of Topliss-reactive ketones (excluding diaryl/α,β-unsaturated/α-hetero) is 1. The zero-order valence-electron chi connectivity index (χ0n) is 14.1. The molecule has 126 valence electrons. The van der Waals surface area contributed by atoms with E-state index in [-0.39, 0.29) is 11.7 Å². The van der Waals surface area contributed by atoms with E-state index in [9.17, 15) is 4.79 Å². The second-order valence-corrected chi connectivity index (χ2v) is 7.14. The number of ether oxygens (including phenoxy) is 2. The molecule has 1 aromatic heterocycles. The molecule has 2 aromatic rings. The standard InChI is InChI=1S/C20H22O3S/c1-14-5-3-6-16(20(14)21)11-15-8-9-18(19(12-15)22-2)23-13-17-7-4-10-24-17/h4,7-12,14H,3,5-6,13H2,1-2H3/b16-11+/t14-/m1/s1. The molecule has 0 spiro atoms. The van der Waals surface area contributed by atoms with E-state index in [0.29, 0.717) is 12.4 Å². The van der Waals surface area contributed by atoms with Gasteiger partial charge in [0, 0.05) is 10.8 Å². The van der Waals surface area contributed by atoms with Crippen LogP contribution in [0.5, 0.6) is 11.5 Å². The van der Waals surface area contributed by atoms with Gasteiger partial charge < -0.3 is 9.47 Å². The Morgan fingerprint density at radius 1 is 1.29 bits per heavy atom. The fourth-order valence-corrected chi connectivity index (χ4v) is 3.57. The first-order valence-electron chi connectivity index (χ1n) is 8.25. The lowest BCUT2D eigenvalue weighted by molar-refractivity contribution is -0.119. The highest BCUT2D eigenvalue weighted by atomic mass is 32.1. The van der Waals surface area contributed by atoms with Crippen LogP contribution in [0.3, 0.4) is 0 Å². The predicted molar refractivity (Wildman–Crippen MR) is 97.6 cm³/mol. The summed E-state index contributed by atoms with van der Waals surface area (Å²) in [6, 6.07) is 9.88. The highest BCUT2D eigenvalue weighted by Gasteiger charge is 2.22. The summed E-state index contributed by atoms with van der Waals surface area (Å²) in [6.45, 7) is 2.54. The van der Waals surface area contributed by atoms with Gasteiger partial charge in [0.05, 0.1) is 7.11 Å². The summed E-state index contributed by atoms with van der Waals surface area (Å²) in [5.74, 6) is 1.83. The van der Waals surface area contributed by atoms with Crippen LogP contribution in [0.1, 0.15) is 36.6 Å². The van der Waals surface area contributed by atoms with E-state index in [4.69, 9.17) is 9.47 Å². The molecular weight excluding hydrogens is 320 g/mol. The van der Waals surface area contributed by atoms with Gasteiger partial charge in [-0.05, 0) is 60.1 Å². The average Bonchev–Trinajstić information content (AvgIpc) is 3.11. The van der Waals surface area contributed by atoms with Gasteiger partial charge in [0.2, 0.25) is 0 Å². The smallest absolute Gasteiger partial charge is 0.161 e. The Kier molecular flexibility index (Phi) is 5.36. The monoisotopic (exact) mass is 342 g/mol. The van der Waals surface area contributed by atoms with Gasteiger partial charge in [-0.15, -0.1) is 11.3 Å². The molecule has 1 atom stereocenters. The number of allylic oxidation sites excluding steroid dienone is 1. The van der Waals surface area contributed by atoms with Crippen molar-refractivity contribution in [2.45, 2.75) is 32.8 Å². The lowest BCUT2D eigenvalue weighted by Crippen LogP contribution is -2.18. The Morgan fingerprint density at radius 2 is 2.17 bits per heavy atom. The van der Waals surface area contributed by atoms with Crippen LogP contribution in [0.4, 0.5) is 0 Å². The summed E-state index contributed by atoms with van der Waals surface area (Å²) in [7, 11) is 1.64. The summed E-state index contributed by atoms with van der Waals surface area (Å²) < 4.78 is 11.3. The first-order chi connectivity index (χ1) is 11.7. The normalized spacial score (nSPS) is 19.5. The molecule has 1 aliphatic carbocycles. The van der Waals surface area contributed by atoms with Crippen LogP contribution in [0, 0.1) is 5.92 Å². The van der Waals surface area contributed by atoms with E-state index in [1.165, 1.54) is 4.88 Å². The molecule has 1 aliphatic rings. The fraction of sp³-hybridized carbons (Fsp3) is 0.350. The van der Waals surface area contributed by atoms with E-state index in [1.54, 1.807) is 18.4 Å². The van der Waals surface area contributed by atoms with Crippen molar-refractivity contribution in [2.24, 2.45) is 5.92 Å². The average molecular weight is 342 g/mol. The van der Waals surface area contributed by atoms with E-state index in [1.807, 2.05) is 48.7 Å². The number of hydrogen-bond donors (Lipinski definition) is 0. The molecule has 1 saturated carbocycles. The van der Waals surface area contributed by atoms with Gasteiger partial charge in [0.15, 0.2) is 17.3 Å². The van der Waals surface area contributed by atoms with Crippen molar-refractivity contribution in [3.05, 3.63) is 51.7 Å². The first kappa shape index (κ1) is 16.8. The first-order valence-corrected chi connectivity index (χ1v) is 9.13. The molecule has 3 rings (SSSR count). The van der Waals surface area contributed by atoms with Crippen LogP contribution in [0.15, 0.2) is 41.3 Å². The minimum atomic E-state index is 0.139. The molecule has 3 nitrogen and oxygen atoms in total. The Labute approximate surface area is 146 Å². The third-order valence-corrected chi connectivity index (χ3v) is 5.18. The van der Waals surface area contributed by atoms with Crippen LogP contribution in [-0.4, -0.2) is 12.9 Å². The number of hydrogen-bond acceptors (Lipinski definition) is 4. The summed E-state index contributed by atoms with van der Waals surface area (Å²) in [6.07, 6.45) is 4.93. The van der Waals surface area contributed by atoms with Crippen molar-refractivity contribution >= 4 is 23.2 Å². The molecule has 1 aromatic carbocycles. The van der Waals surface area contributed by atoms with Crippen molar-refractivity contribution in [1.29, 1.82) is 0 Å². The van der Waals surface area contributed by atoms with Crippen molar-refractivity contribution < 1.29 is 14.3 Å². The van der Waals surface area contributed by atoms with Crippen molar-refractivity contribution in [2.75, 3.05) is 7.11 Å². The van der Waals surface area contributed by atoms with Crippen molar-refractivity contribution in [3.63, 3.8) is 0 Å². The molecule has 0 unspecified atom stereocenters. The van der Waals surface area contributed by atoms with E-state index in [2.05, 4.69) is 0 Å². The second-order valence-electron chi connectivity index (χ2n) is 6.11. The summed E-state index contributed by atoms with van der Waals surface area (Å²) in [5, 5.41) is 2.04. The minimum absolute atomic E-state index is 0.139. The maximum Gasteiger partial charge on any atom is 0.161 e. The molecule has 1 heterocycles. The highest BCUT2D eigenvalue weighted by Crippen LogP contribution is 2.32. The molecule has 24 heavy (non-hydrogen) atoms. The van der Waals surface area contributed by atoms with Gasteiger partial charge in [-0.1, -0.05) is 19.1 Å². The minimum Gasteiger partial charge on any atom is -0.493 e. The lowest BCUT2D eigenvalue weighted by Gasteiger charge is -2.19. The number of ketones is 1. The Morgan fingerprint density at radius 3 is 2.92 bits per heavy atom. The number of rotatable bonds is 5. The zero-order chi connectivity index (χ0) is 16.9. The summed E-state index contributed by atoms with van der Waals surface area (Å²) >= 11 is 1.67. The second kappa shape index (κ2) is 7.67. The van der Waals surface area contributed by atoms with E-state index >= 15 is 0 Å². The molecule has 0 N–H and O–H groups in total. The molecule has 1 fully saturated rings. The quantitative estimate of drug-likeness (QED) is 0.709. The zero-order valence-corrected chi connectivity index (χ0v) is 14.9. The van der Waals surface area contributed by atoms with Gasteiger partial charge in [0.25, 0.3) is 0 Å². The number of benzene rings is 1. The molecule has 0 aliphatic heterocycles. The molecule has 0 bridgehead atoms. The Bertz CT molecular complexity index is 731. The maximum absolute atomic E-state index is 12.3. The fourth-order valence-electron chi connectivity index (χ4n) is 2.95. The van der Waals surface area contributed by atoms with Crippen LogP contribution in [-0.2, 0) is 11.4 Å². The maximum atomic E-state index is 12.3. The number of carbonyl (C=O) groups is 1. The molecular formula is C20H22O3S. The third-order valence-electron chi connectivity index (χ3n) is 4.33. The van der Waals surface area contributed by atoms with E-state index < -0.39 is 0 Å². The molecule has 0 saturated heterocycles. The van der Waals surface area contributed by atoms with Gasteiger partial charge in [-0.2, -0.15) is 0 Å². The molecule has 0 radical (unpaired) electrons. The van der Waals surface area contributed by atoms with Gasteiger partial charge in [0.1, 0.15) is 6.61 Å². The third kappa shape index (κ3) is 3.88. The highest BCUT2D eigenvalue weighted by molar-refractivity contribution is 7.09. The van der Waals surface area contributed by atoms with Gasteiger partial charge in [-0.3, -0.25) is 4.79 Å². The van der Waals surface area contributed by atoms with E-state index in [0.717, 1.165) is 36.1 Å². The Hall–Kier alpha value is -2.07. The van der Waals surface area contributed by atoms with Gasteiger partial charge >= 0.3 is 0 Å². The predicted octanol–water partition coefficient (Wildman–Crippen LogP) is 5.11. The summed E-state index contributed by atoms with van der Waals surface area (Å²) in [5.41, 5.74) is 1.90. The largest absolute Gasteiger partial charge is 0.493 e. The van der Waals surface area contributed by atoms with Gasteiger partial charge in [-0.25, -0.2) is 0 Å². The lowest BCUT2D eigenvalue weighted by atomic mass is 9.84. The van der Waals surface area contributed by atoms with Crippen molar-refractivity contribution in [3.8, 4) is 11.5 Å². The summed E-state index contributed by atoms with van der Waals surface area (Å²) in [4.78, 5) is 13.4. The number of carbonyl (C=O) groups excluding carboxylic acids is 1. The number of methoxy groups -OCH3 is 1. The topological polar surface area (TPSA) is 35.5 Å². The number of thiophene rings is 1. The van der Waals surface area contributed by atoms with Crippen LogP contribution in [0.2, 0.25) is 0 Å². The van der Waals surface area contributed by atoms with Crippen molar-refractivity contribution in [1.82, 2.24) is 0 Å². The molecule has 0 amide bonds.